The van der Waals surface area contributed by atoms with Gasteiger partial charge in [0, 0.05) is 54.5 Å². The van der Waals surface area contributed by atoms with Gasteiger partial charge in [-0.15, -0.1) is 0 Å². The number of halogens is 1. The van der Waals surface area contributed by atoms with Gasteiger partial charge in [0.25, 0.3) is 6.47 Å². The van der Waals surface area contributed by atoms with Crippen LogP contribution >= 0.6 is 15.9 Å². The molecule has 0 amide bonds. The van der Waals surface area contributed by atoms with Crippen LogP contribution in [0.2, 0.25) is 0 Å². The largest absolute Gasteiger partial charge is 1.00 e. The van der Waals surface area contributed by atoms with Crippen LogP contribution in [-0.4, -0.2) is 103 Å². The zero-order valence-electron chi connectivity index (χ0n) is 69.4. The smallest absolute Gasteiger partial charge is 1.00 e. The number of rotatable bonds is 14. The van der Waals surface area contributed by atoms with Crippen molar-refractivity contribution in [2.24, 2.45) is 0 Å². The van der Waals surface area contributed by atoms with Gasteiger partial charge >= 0.3 is 152 Å². The molecule has 0 N–H and O–H groups in total. The van der Waals surface area contributed by atoms with Crippen LogP contribution in [0, 0.1) is 0 Å². The minimum atomic E-state index is -0.583. The third-order valence-electron chi connectivity index (χ3n) is 21.4. The van der Waals surface area contributed by atoms with Crippen LogP contribution in [0.4, 0.5) is 0 Å². The normalized spacial score (nSPS) is 13.9. The van der Waals surface area contributed by atoms with E-state index in [0.29, 0.717) is 34.9 Å². The number of carbonyl (C=O) groups is 1. The van der Waals surface area contributed by atoms with E-state index in [1.807, 2.05) is 255 Å². The fourth-order valence-electron chi connectivity index (χ4n) is 13.6. The molecule has 12 aromatic carbocycles. The van der Waals surface area contributed by atoms with Gasteiger partial charge in [-0.2, -0.15) is 0 Å². The molecule has 0 aliphatic carbocycles. The summed E-state index contributed by atoms with van der Waals surface area (Å²) in [4.78, 5) is 69.1. The number of hydrogen-bond donors (Lipinski definition) is 0. The van der Waals surface area contributed by atoms with Crippen molar-refractivity contribution in [2.75, 3.05) is 0 Å². The maximum Gasteiger partial charge on any atom is 1.00 e. The van der Waals surface area contributed by atoms with Crippen LogP contribution in [-0.2, 0) is 28.3 Å². The predicted molar refractivity (Wildman–Crippen MR) is 473 cm³/mol. The van der Waals surface area contributed by atoms with Gasteiger partial charge in [0.05, 0.1) is 91.2 Å². The fourth-order valence-corrected chi connectivity index (χ4v) is 13.8. The first-order valence-corrected chi connectivity index (χ1v) is 39.6. The third-order valence-corrected chi connectivity index (χ3v) is 22.0. The Hall–Kier alpha value is -9.34. The Morgan fingerprint density at radius 1 is 0.289 bits per heavy atom. The minimum absolute atomic E-state index is 0. The van der Waals surface area contributed by atoms with E-state index in [9.17, 15) is 0 Å². The van der Waals surface area contributed by atoms with Gasteiger partial charge in [-0.05, 0) is 155 Å². The first-order valence-electron chi connectivity index (χ1n) is 38.8. The van der Waals surface area contributed by atoms with E-state index in [-0.39, 0.29) is 146 Å². The molecule has 0 unspecified atom stereocenters. The molecule has 0 atom stereocenters. The van der Waals surface area contributed by atoms with E-state index in [1.54, 1.807) is 0 Å². The number of nitrogens with zero attached hydrogens (tertiary/aromatic N) is 12. The maximum absolute atomic E-state index is 8.64. The maximum atomic E-state index is 8.64. The molecule has 2 saturated heterocycles. The average Bonchev–Trinajstić information content (AvgIpc) is 1.65. The van der Waals surface area contributed by atoms with Gasteiger partial charge in [-0.25, -0.2) is 44.9 Å². The first-order chi connectivity index (χ1) is 57.7. The van der Waals surface area contributed by atoms with Gasteiger partial charge in [-0.3, -0.25) is 19.7 Å². The van der Waals surface area contributed by atoms with E-state index in [2.05, 4.69) is 163 Å². The van der Waals surface area contributed by atoms with E-state index in [1.165, 1.54) is 0 Å². The molecule has 2 aliphatic heterocycles. The van der Waals surface area contributed by atoms with Crippen molar-refractivity contribution in [2.45, 2.75) is 77.8 Å². The van der Waals surface area contributed by atoms with Gasteiger partial charge in [0.2, 0.25) is 0 Å². The van der Waals surface area contributed by atoms with Crippen molar-refractivity contribution in [3.8, 4) is 124 Å². The van der Waals surface area contributed by atoms with Crippen molar-refractivity contribution in [3.63, 3.8) is 0 Å². The van der Waals surface area contributed by atoms with Crippen LogP contribution in [0.1, 0.15) is 56.8 Å². The Bertz CT molecular complexity index is 6170. The van der Waals surface area contributed by atoms with E-state index in [0.717, 1.165) is 138 Å². The third kappa shape index (κ3) is 20.6. The zero-order valence-corrected chi connectivity index (χ0v) is 82.6. The molecule has 2 fully saturated rings. The number of fused-ring (bicyclic) bond motifs is 3. The second kappa shape index (κ2) is 39.0. The number of benzene rings is 12. The SMILES string of the molecule is Brc1ccc(-c2cnc3ccccc3n2)cc1.CC1(C)OB(c2cc(B3OC(C)(C)C(C)(C)O3)cc(-c3nc(-c4ccccc4)nc(-c4ccccc4)n3)c2)OC1(C)C.O=CO[O-].[Cs+].[Cs+].[H-].c1ccc(-c2nc(-c3ccccc3)nc(-c3cc(-c4ccc(-c5cnc6ccccc6n5)cc4)cc(-c4ccc(-c5cnc6ccccc6n5)cc4)c3)n2)cc1. The number of carbonyl (C=O) groups excluding carboxylic acids is 1. The molecular weight excluding hydrogens is 1810 g/mol. The quantitative estimate of drug-likeness (QED) is 0.0425. The monoisotopic (exact) mass is 1890 g/mol. The molecule has 19 rings (SSSR count). The fraction of sp³-hybridized carbons (Fsp3) is 0.124. The van der Waals surface area contributed by atoms with Crippen molar-refractivity contribution in [1.82, 2.24) is 59.8 Å². The summed E-state index contributed by atoms with van der Waals surface area (Å²) in [6, 6.07) is 101. The van der Waals surface area contributed by atoms with E-state index in [4.69, 9.17) is 68.5 Å². The van der Waals surface area contributed by atoms with Crippen LogP contribution < -0.4 is 154 Å². The van der Waals surface area contributed by atoms with E-state index >= 15 is 0 Å². The Labute approximate surface area is 830 Å². The molecule has 7 heterocycles. The zero-order chi connectivity index (χ0) is 82.3. The van der Waals surface area contributed by atoms with Crippen LogP contribution in [0.25, 0.3) is 157 Å². The number of hydrogen-bond acceptors (Lipinski definition) is 19. The second-order valence-electron chi connectivity index (χ2n) is 30.5. The Kier molecular flexibility index (Phi) is 28.4. The molecular formula is C97H79B2BrCs2N12O7. The summed E-state index contributed by atoms with van der Waals surface area (Å²) in [6.45, 7) is 16.2. The van der Waals surface area contributed by atoms with Gasteiger partial charge in [-0.1, -0.05) is 253 Å². The summed E-state index contributed by atoms with van der Waals surface area (Å²) >= 11 is 3.42. The van der Waals surface area contributed by atoms with E-state index < -0.39 is 36.6 Å². The summed E-state index contributed by atoms with van der Waals surface area (Å²) < 4.78 is 26.9. The molecule has 0 radical (unpaired) electrons. The summed E-state index contributed by atoms with van der Waals surface area (Å²) in [5.74, 6) is 3.55. The predicted octanol–water partition coefficient (Wildman–Crippen LogP) is 13.5. The van der Waals surface area contributed by atoms with Crippen LogP contribution in [0.3, 0.4) is 0 Å². The molecule has 0 saturated carbocycles. The molecule has 19 nitrogen and oxygen atoms in total. The number of para-hydroxylation sites is 6. The Morgan fingerprint density at radius 3 is 0.802 bits per heavy atom. The van der Waals surface area contributed by atoms with Crippen molar-refractivity contribution in [1.29, 1.82) is 0 Å². The Morgan fingerprint density at radius 2 is 0.521 bits per heavy atom. The average molecular weight is 1890 g/mol. The molecule has 24 heteroatoms. The summed E-state index contributed by atoms with van der Waals surface area (Å²) in [5.41, 5.74) is 20.2. The van der Waals surface area contributed by atoms with Crippen molar-refractivity contribution < 1.29 is 173 Å². The van der Waals surface area contributed by atoms with Crippen LogP contribution in [0.5, 0.6) is 0 Å². The summed E-state index contributed by atoms with van der Waals surface area (Å²) in [5, 5.41) is 8.43. The topological polar surface area (TPSA) is 241 Å². The van der Waals surface area contributed by atoms with Crippen molar-refractivity contribution in [3.05, 3.63) is 326 Å². The molecule has 584 valence electrons. The first kappa shape index (κ1) is 88.0. The van der Waals surface area contributed by atoms with Gasteiger partial charge < -0.3 is 30.2 Å². The summed E-state index contributed by atoms with van der Waals surface area (Å²) in [7, 11) is -1.17. The van der Waals surface area contributed by atoms with Gasteiger partial charge in [0.1, 0.15) is 0 Å². The molecule has 0 spiro atoms. The van der Waals surface area contributed by atoms with Crippen LogP contribution in [0.15, 0.2) is 326 Å². The molecule has 2 aliphatic rings. The van der Waals surface area contributed by atoms with Gasteiger partial charge in [0.15, 0.2) is 34.9 Å². The number of aromatic nitrogens is 12. The Balaban J connectivity index is 0.000000170. The molecule has 5 aromatic heterocycles. The summed E-state index contributed by atoms with van der Waals surface area (Å²) in [6.07, 6.45) is 5.48. The standard InChI is InChI=1S/C49H31N7.C33H37B2N3O4.C14H9BrN2.CH2O3.2Cs.H/c1-3-11-36(12-4-1)47-54-48(37-13-5-2-6-14-37)56-49(55-47)40-28-38(32-19-23-34(24-20-32)45-30-50-41-15-7-9-17-43(41)52-45)27-39(29-40)33-21-25-35(26-22-33)46-31-51-42-16-8-10-18-44(42)53-46;1-30(2)31(3,4)40-34(39-30)25-19-24(20-26(21-25)35-41-32(5,6)33(7,8)42-35)29-37-27(22-15-11-9-12-16-22)36-28(38-29)23-17-13-10-14-18-23;15-11-7-5-10(6-8-11)14-9-16-12-3-1-2-4-13(12)17-14;2-1-4-3;;;/h1-31H;9-21H,1-8H3;1-9H;1,3H;;;/q;;;;2*+1;-1/p-1. The van der Waals surface area contributed by atoms with Crippen molar-refractivity contribution >= 4 is 80.7 Å². The second-order valence-corrected chi connectivity index (χ2v) is 31.4. The molecule has 0 bridgehead atoms. The minimum Gasteiger partial charge on any atom is -1.00 e. The molecule has 121 heavy (non-hydrogen) atoms. The molecule has 17 aromatic rings.